The summed E-state index contributed by atoms with van der Waals surface area (Å²) in [7, 11) is 0. The molecule has 1 unspecified atom stereocenters. The Bertz CT molecular complexity index is 418. The van der Waals surface area contributed by atoms with Gasteiger partial charge in [-0.15, -0.1) is 11.3 Å². The van der Waals surface area contributed by atoms with Gasteiger partial charge in [-0.1, -0.05) is 19.9 Å². The first-order valence-electron chi connectivity index (χ1n) is 6.30. The Hall–Kier alpha value is -1.40. The van der Waals surface area contributed by atoms with E-state index in [1.807, 2.05) is 26.2 Å². The van der Waals surface area contributed by atoms with Crippen LogP contribution < -0.4 is 16.4 Å². The standard InChI is InChI=1S/C13H21N3O2S/c1-8(2)11(13(18)15-9(3)7-14)16-12(17)10-5-4-6-19-10/h4-6,8-9,11H,7,14H2,1-3H3,(H,15,18)(H,16,17)/t9-,11?/m0/s1. The van der Waals surface area contributed by atoms with Crippen molar-refractivity contribution in [1.29, 1.82) is 0 Å². The number of amides is 2. The summed E-state index contributed by atoms with van der Waals surface area (Å²) >= 11 is 1.35. The lowest BCUT2D eigenvalue weighted by atomic mass is 10.0. The quantitative estimate of drug-likeness (QED) is 0.727. The van der Waals surface area contributed by atoms with Crippen LogP contribution in [-0.2, 0) is 4.79 Å². The summed E-state index contributed by atoms with van der Waals surface area (Å²) < 4.78 is 0. The van der Waals surface area contributed by atoms with Crippen molar-refractivity contribution in [2.75, 3.05) is 6.54 Å². The number of thiophene rings is 1. The highest BCUT2D eigenvalue weighted by atomic mass is 32.1. The molecule has 106 valence electrons. The summed E-state index contributed by atoms with van der Waals surface area (Å²) in [5.74, 6) is -0.406. The van der Waals surface area contributed by atoms with Crippen LogP contribution >= 0.6 is 11.3 Å². The number of carbonyl (C=O) groups excluding carboxylic acids is 2. The zero-order chi connectivity index (χ0) is 14.4. The molecule has 0 aliphatic heterocycles. The Morgan fingerprint density at radius 3 is 2.47 bits per heavy atom. The lowest BCUT2D eigenvalue weighted by molar-refractivity contribution is -0.124. The molecule has 6 heteroatoms. The van der Waals surface area contributed by atoms with Crippen LogP contribution in [0.15, 0.2) is 17.5 Å². The van der Waals surface area contributed by atoms with Crippen molar-refractivity contribution in [3.63, 3.8) is 0 Å². The van der Waals surface area contributed by atoms with Gasteiger partial charge in [0.05, 0.1) is 4.88 Å². The minimum Gasteiger partial charge on any atom is -0.351 e. The summed E-state index contributed by atoms with van der Waals surface area (Å²) in [6.45, 7) is 5.99. The van der Waals surface area contributed by atoms with Crippen molar-refractivity contribution < 1.29 is 9.59 Å². The molecule has 0 fully saturated rings. The average Bonchev–Trinajstić information content (AvgIpc) is 2.88. The highest BCUT2D eigenvalue weighted by molar-refractivity contribution is 7.12. The molecule has 0 aromatic carbocycles. The molecule has 0 saturated heterocycles. The van der Waals surface area contributed by atoms with Crippen molar-refractivity contribution in [2.45, 2.75) is 32.9 Å². The summed E-state index contributed by atoms with van der Waals surface area (Å²) in [6, 6.07) is 2.88. The molecule has 4 N–H and O–H groups in total. The number of carbonyl (C=O) groups is 2. The van der Waals surface area contributed by atoms with Crippen molar-refractivity contribution in [2.24, 2.45) is 11.7 Å². The molecule has 1 heterocycles. The fraction of sp³-hybridized carbons (Fsp3) is 0.538. The molecule has 2 amide bonds. The van der Waals surface area contributed by atoms with Gasteiger partial charge in [0.25, 0.3) is 5.91 Å². The van der Waals surface area contributed by atoms with Crippen LogP contribution in [0.3, 0.4) is 0 Å². The van der Waals surface area contributed by atoms with E-state index in [2.05, 4.69) is 10.6 Å². The molecule has 0 bridgehead atoms. The largest absolute Gasteiger partial charge is 0.351 e. The van der Waals surface area contributed by atoms with E-state index in [4.69, 9.17) is 5.73 Å². The topological polar surface area (TPSA) is 84.2 Å². The van der Waals surface area contributed by atoms with Gasteiger partial charge in [0.15, 0.2) is 0 Å². The predicted octanol–water partition coefficient (Wildman–Crippen LogP) is 0.966. The molecule has 0 radical (unpaired) electrons. The normalized spacial score (nSPS) is 13.9. The zero-order valence-corrected chi connectivity index (χ0v) is 12.3. The van der Waals surface area contributed by atoms with Crippen LogP contribution in [0.25, 0.3) is 0 Å². The maximum atomic E-state index is 12.1. The first-order valence-corrected chi connectivity index (χ1v) is 7.18. The Kier molecular flexibility index (Phi) is 5.98. The summed E-state index contributed by atoms with van der Waals surface area (Å²) in [5.41, 5.74) is 5.47. The van der Waals surface area contributed by atoms with Crippen LogP contribution in [0.2, 0.25) is 0 Å². The number of nitrogens with two attached hydrogens (primary N) is 1. The van der Waals surface area contributed by atoms with E-state index in [9.17, 15) is 9.59 Å². The van der Waals surface area contributed by atoms with Gasteiger partial charge in [-0.2, -0.15) is 0 Å². The van der Waals surface area contributed by atoms with E-state index in [1.165, 1.54) is 11.3 Å². The monoisotopic (exact) mass is 283 g/mol. The third kappa shape index (κ3) is 4.65. The molecule has 1 aromatic rings. The number of hydrogen-bond acceptors (Lipinski definition) is 4. The van der Waals surface area contributed by atoms with Gasteiger partial charge < -0.3 is 16.4 Å². The molecule has 5 nitrogen and oxygen atoms in total. The van der Waals surface area contributed by atoms with Crippen molar-refractivity contribution >= 4 is 23.2 Å². The van der Waals surface area contributed by atoms with Gasteiger partial charge in [-0.25, -0.2) is 0 Å². The maximum Gasteiger partial charge on any atom is 0.262 e. The van der Waals surface area contributed by atoms with Crippen molar-refractivity contribution in [3.05, 3.63) is 22.4 Å². The van der Waals surface area contributed by atoms with Gasteiger partial charge in [0, 0.05) is 12.6 Å². The van der Waals surface area contributed by atoms with Crippen molar-refractivity contribution in [1.82, 2.24) is 10.6 Å². The Labute approximate surface area is 117 Å². The SMILES string of the molecule is CC(C)C(NC(=O)c1cccs1)C(=O)N[C@@H](C)CN. The Balaban J connectivity index is 2.68. The van der Waals surface area contributed by atoms with Gasteiger partial charge in [-0.05, 0) is 24.3 Å². The average molecular weight is 283 g/mol. The molecule has 1 aromatic heterocycles. The minimum absolute atomic E-state index is 0.00823. The molecule has 0 aliphatic rings. The second-order valence-electron chi connectivity index (χ2n) is 4.82. The molecule has 0 aliphatic carbocycles. The van der Waals surface area contributed by atoms with Crippen molar-refractivity contribution in [3.8, 4) is 0 Å². The lowest BCUT2D eigenvalue weighted by Crippen LogP contribution is -2.52. The number of rotatable bonds is 6. The predicted molar refractivity (Wildman–Crippen MR) is 77.1 cm³/mol. The molecule has 2 atom stereocenters. The molecule has 19 heavy (non-hydrogen) atoms. The zero-order valence-electron chi connectivity index (χ0n) is 11.5. The smallest absolute Gasteiger partial charge is 0.262 e. The highest BCUT2D eigenvalue weighted by Gasteiger charge is 2.25. The Morgan fingerprint density at radius 1 is 1.32 bits per heavy atom. The second-order valence-corrected chi connectivity index (χ2v) is 5.77. The minimum atomic E-state index is -0.552. The number of nitrogens with one attached hydrogen (secondary N) is 2. The summed E-state index contributed by atoms with van der Waals surface area (Å²) in [4.78, 5) is 24.7. The molecule has 1 rings (SSSR count). The summed E-state index contributed by atoms with van der Waals surface area (Å²) in [6.07, 6.45) is 0. The lowest BCUT2D eigenvalue weighted by Gasteiger charge is -2.23. The third-order valence-electron chi connectivity index (χ3n) is 2.72. The van der Waals surface area contributed by atoms with Gasteiger partial charge in [0.1, 0.15) is 6.04 Å². The van der Waals surface area contributed by atoms with Crippen LogP contribution in [-0.4, -0.2) is 30.4 Å². The third-order valence-corrected chi connectivity index (χ3v) is 3.59. The van der Waals surface area contributed by atoms with E-state index < -0.39 is 6.04 Å². The van der Waals surface area contributed by atoms with Crippen LogP contribution in [0.1, 0.15) is 30.4 Å². The maximum absolute atomic E-state index is 12.1. The molecule has 0 spiro atoms. The van der Waals surface area contributed by atoms with Crippen LogP contribution in [0.4, 0.5) is 0 Å². The van der Waals surface area contributed by atoms with E-state index in [0.717, 1.165) is 0 Å². The number of hydrogen-bond donors (Lipinski definition) is 3. The van der Waals surface area contributed by atoms with Gasteiger partial charge >= 0.3 is 0 Å². The molecule has 0 saturated carbocycles. The second kappa shape index (κ2) is 7.25. The van der Waals surface area contributed by atoms with Gasteiger partial charge in [0.2, 0.25) is 5.91 Å². The fourth-order valence-corrected chi connectivity index (χ4v) is 2.17. The fourth-order valence-electron chi connectivity index (χ4n) is 1.55. The molecular weight excluding hydrogens is 262 g/mol. The molecular formula is C13H21N3O2S. The Morgan fingerprint density at radius 2 is 2.00 bits per heavy atom. The van der Waals surface area contributed by atoms with E-state index in [0.29, 0.717) is 11.4 Å². The first kappa shape index (κ1) is 15.7. The van der Waals surface area contributed by atoms with Crippen LogP contribution in [0.5, 0.6) is 0 Å². The van der Waals surface area contributed by atoms with Crippen LogP contribution in [0, 0.1) is 5.92 Å². The van der Waals surface area contributed by atoms with E-state index in [1.54, 1.807) is 12.1 Å². The van der Waals surface area contributed by atoms with E-state index >= 15 is 0 Å². The first-order chi connectivity index (χ1) is 8.95. The summed E-state index contributed by atoms with van der Waals surface area (Å²) in [5, 5.41) is 7.38. The van der Waals surface area contributed by atoms with E-state index in [-0.39, 0.29) is 23.8 Å². The van der Waals surface area contributed by atoms with Gasteiger partial charge in [-0.3, -0.25) is 9.59 Å². The highest BCUT2D eigenvalue weighted by Crippen LogP contribution is 2.10.